The van der Waals surface area contributed by atoms with E-state index in [2.05, 4.69) is 5.32 Å². The van der Waals surface area contributed by atoms with Gasteiger partial charge in [-0.25, -0.2) is 0 Å². The van der Waals surface area contributed by atoms with Crippen molar-refractivity contribution in [1.82, 2.24) is 0 Å². The highest BCUT2D eigenvalue weighted by molar-refractivity contribution is 6.31. The van der Waals surface area contributed by atoms with Crippen molar-refractivity contribution in [1.29, 1.82) is 0 Å². The van der Waals surface area contributed by atoms with Gasteiger partial charge in [0.1, 0.15) is 5.75 Å². The van der Waals surface area contributed by atoms with Gasteiger partial charge >= 0.3 is 5.97 Å². The van der Waals surface area contributed by atoms with E-state index in [-0.39, 0.29) is 6.42 Å². The van der Waals surface area contributed by atoms with E-state index in [1.807, 2.05) is 6.92 Å². The molecule has 0 atom stereocenters. The third-order valence-corrected chi connectivity index (χ3v) is 4.04. The number of carbonyl (C=O) groups is 2. The lowest BCUT2D eigenvalue weighted by molar-refractivity contribution is -0.146. The average Bonchev–Trinajstić information content (AvgIpc) is 2.57. The van der Waals surface area contributed by atoms with Crippen molar-refractivity contribution in [3.63, 3.8) is 0 Å². The summed E-state index contributed by atoms with van der Waals surface area (Å²) < 4.78 is 10.2. The Kier molecular flexibility index (Phi) is 6.67. The normalized spacial score (nSPS) is 10.2. The molecule has 0 aliphatic rings. The number of benzene rings is 2. The number of aryl methyl sites for hydroxylation is 1. The van der Waals surface area contributed by atoms with E-state index < -0.39 is 18.5 Å². The van der Waals surface area contributed by atoms with Gasteiger partial charge in [-0.15, -0.1) is 0 Å². The van der Waals surface area contributed by atoms with Crippen LogP contribution >= 0.6 is 23.2 Å². The van der Waals surface area contributed by atoms with Crippen LogP contribution in [0.5, 0.6) is 5.75 Å². The van der Waals surface area contributed by atoms with Crippen molar-refractivity contribution in [2.45, 2.75) is 13.3 Å². The topological polar surface area (TPSA) is 64.6 Å². The van der Waals surface area contributed by atoms with Crippen LogP contribution in [-0.2, 0) is 20.7 Å². The molecule has 25 heavy (non-hydrogen) atoms. The lowest BCUT2D eigenvalue weighted by atomic mass is 10.1. The van der Waals surface area contributed by atoms with Gasteiger partial charge in [0.2, 0.25) is 0 Å². The molecular weight excluding hydrogens is 365 g/mol. The van der Waals surface area contributed by atoms with Crippen LogP contribution in [0.3, 0.4) is 0 Å². The number of carbonyl (C=O) groups excluding carboxylic acids is 2. The van der Waals surface area contributed by atoms with Gasteiger partial charge in [-0.1, -0.05) is 29.3 Å². The highest BCUT2D eigenvalue weighted by Crippen LogP contribution is 2.23. The predicted octanol–water partition coefficient (Wildman–Crippen LogP) is 4.03. The Bertz CT molecular complexity index is 793. The number of ether oxygens (including phenoxy) is 2. The molecule has 1 amide bonds. The molecule has 0 bridgehead atoms. The lowest BCUT2D eigenvalue weighted by Gasteiger charge is -2.10. The Labute approximate surface area is 155 Å². The van der Waals surface area contributed by atoms with Crippen LogP contribution in [0.2, 0.25) is 10.0 Å². The zero-order chi connectivity index (χ0) is 18.4. The molecule has 0 heterocycles. The maximum absolute atomic E-state index is 11.9. The standard InChI is InChI=1S/C18H17Cl2NO4/c1-11-3-5-14(9-15(11)20)21-17(22)10-25-18(23)8-12-7-13(19)4-6-16(12)24-2/h3-7,9H,8,10H2,1-2H3,(H,21,22). The first-order valence-corrected chi connectivity index (χ1v) is 8.18. The number of nitrogens with one attached hydrogen (secondary N) is 1. The second kappa shape index (κ2) is 8.74. The molecule has 0 fully saturated rings. The molecule has 2 rings (SSSR count). The SMILES string of the molecule is COc1ccc(Cl)cc1CC(=O)OCC(=O)Nc1ccc(C)c(Cl)c1. The molecule has 2 aromatic rings. The monoisotopic (exact) mass is 381 g/mol. The Morgan fingerprint density at radius 2 is 1.88 bits per heavy atom. The molecule has 0 saturated carbocycles. The summed E-state index contributed by atoms with van der Waals surface area (Å²) in [6.45, 7) is 1.47. The van der Waals surface area contributed by atoms with E-state index in [0.29, 0.717) is 27.0 Å². The fourth-order valence-electron chi connectivity index (χ4n) is 2.11. The number of hydrogen-bond acceptors (Lipinski definition) is 4. The minimum atomic E-state index is -0.558. The van der Waals surface area contributed by atoms with Gasteiger partial charge in [-0.3, -0.25) is 9.59 Å². The van der Waals surface area contributed by atoms with Crippen LogP contribution in [0.4, 0.5) is 5.69 Å². The highest BCUT2D eigenvalue weighted by atomic mass is 35.5. The summed E-state index contributed by atoms with van der Waals surface area (Å²) in [5.41, 5.74) is 2.03. The first-order chi connectivity index (χ1) is 11.9. The van der Waals surface area contributed by atoms with E-state index >= 15 is 0 Å². The molecule has 5 nitrogen and oxygen atoms in total. The van der Waals surface area contributed by atoms with Gasteiger partial charge in [-0.2, -0.15) is 0 Å². The van der Waals surface area contributed by atoms with E-state index in [9.17, 15) is 9.59 Å². The first-order valence-electron chi connectivity index (χ1n) is 7.43. The quantitative estimate of drug-likeness (QED) is 0.766. The molecule has 1 N–H and O–H groups in total. The molecule has 7 heteroatoms. The van der Waals surface area contributed by atoms with E-state index in [1.165, 1.54) is 7.11 Å². The summed E-state index contributed by atoms with van der Waals surface area (Å²) in [5, 5.41) is 3.64. The molecule has 0 aliphatic heterocycles. The van der Waals surface area contributed by atoms with Gasteiger partial charge in [0, 0.05) is 21.3 Å². The number of esters is 1. The van der Waals surface area contributed by atoms with Gasteiger partial charge in [-0.05, 0) is 42.8 Å². The maximum Gasteiger partial charge on any atom is 0.310 e. The molecular formula is C18H17Cl2NO4. The third kappa shape index (κ3) is 5.66. The fourth-order valence-corrected chi connectivity index (χ4v) is 2.48. The summed E-state index contributed by atoms with van der Waals surface area (Å²) in [4.78, 5) is 23.8. The molecule has 132 valence electrons. The summed E-state index contributed by atoms with van der Waals surface area (Å²) in [6.07, 6.45) is -0.0482. The van der Waals surface area contributed by atoms with Gasteiger partial charge in [0.05, 0.1) is 13.5 Å². The van der Waals surface area contributed by atoms with Crippen molar-refractivity contribution in [3.8, 4) is 5.75 Å². The minimum Gasteiger partial charge on any atom is -0.496 e. The van der Waals surface area contributed by atoms with E-state index in [0.717, 1.165) is 5.56 Å². The predicted molar refractivity (Wildman–Crippen MR) is 97.5 cm³/mol. The maximum atomic E-state index is 11.9. The number of hydrogen-bond donors (Lipinski definition) is 1. The Morgan fingerprint density at radius 3 is 2.56 bits per heavy atom. The van der Waals surface area contributed by atoms with E-state index in [1.54, 1.807) is 36.4 Å². The minimum absolute atomic E-state index is 0.0482. The van der Waals surface area contributed by atoms with Crippen molar-refractivity contribution in [2.24, 2.45) is 0 Å². The number of amides is 1. The summed E-state index contributed by atoms with van der Waals surface area (Å²) in [6, 6.07) is 10.1. The summed E-state index contributed by atoms with van der Waals surface area (Å²) in [5.74, 6) is -0.482. The van der Waals surface area contributed by atoms with Gasteiger partial charge in [0.15, 0.2) is 6.61 Å². The number of rotatable bonds is 6. The first kappa shape index (κ1) is 19.1. The van der Waals surface area contributed by atoms with Crippen molar-refractivity contribution in [2.75, 3.05) is 19.0 Å². The molecule has 2 aromatic carbocycles. The second-order valence-electron chi connectivity index (χ2n) is 5.31. The molecule has 0 unspecified atom stereocenters. The second-order valence-corrected chi connectivity index (χ2v) is 6.15. The van der Waals surface area contributed by atoms with Crippen molar-refractivity contribution in [3.05, 3.63) is 57.6 Å². The van der Waals surface area contributed by atoms with Crippen molar-refractivity contribution >= 4 is 40.8 Å². The zero-order valence-electron chi connectivity index (χ0n) is 13.8. The fraction of sp³-hybridized carbons (Fsp3) is 0.222. The zero-order valence-corrected chi connectivity index (χ0v) is 15.3. The van der Waals surface area contributed by atoms with Crippen molar-refractivity contribution < 1.29 is 19.1 Å². The van der Waals surface area contributed by atoms with Crippen LogP contribution in [0.1, 0.15) is 11.1 Å². The van der Waals surface area contributed by atoms with Crippen LogP contribution in [0.25, 0.3) is 0 Å². The Balaban J connectivity index is 1.88. The number of halogens is 2. The number of anilines is 1. The van der Waals surface area contributed by atoms with Crippen LogP contribution in [0.15, 0.2) is 36.4 Å². The van der Waals surface area contributed by atoms with E-state index in [4.69, 9.17) is 32.7 Å². The lowest BCUT2D eigenvalue weighted by Crippen LogP contribution is -2.21. The summed E-state index contributed by atoms with van der Waals surface area (Å²) in [7, 11) is 1.50. The third-order valence-electron chi connectivity index (χ3n) is 3.40. The highest BCUT2D eigenvalue weighted by Gasteiger charge is 2.13. The van der Waals surface area contributed by atoms with Crippen LogP contribution < -0.4 is 10.1 Å². The van der Waals surface area contributed by atoms with Gasteiger partial charge < -0.3 is 14.8 Å². The van der Waals surface area contributed by atoms with Gasteiger partial charge in [0.25, 0.3) is 5.91 Å². The molecule has 0 spiro atoms. The Morgan fingerprint density at radius 1 is 1.12 bits per heavy atom. The number of methoxy groups -OCH3 is 1. The Hall–Kier alpha value is -2.24. The smallest absolute Gasteiger partial charge is 0.310 e. The largest absolute Gasteiger partial charge is 0.496 e. The molecule has 0 radical (unpaired) electrons. The average molecular weight is 382 g/mol. The summed E-state index contributed by atoms with van der Waals surface area (Å²) >= 11 is 11.9. The van der Waals surface area contributed by atoms with Crippen LogP contribution in [-0.4, -0.2) is 25.6 Å². The van der Waals surface area contributed by atoms with Crippen LogP contribution in [0, 0.1) is 6.92 Å². The molecule has 0 saturated heterocycles. The molecule has 0 aromatic heterocycles. The molecule has 0 aliphatic carbocycles.